The Bertz CT molecular complexity index is 999. The molecule has 3 rings (SSSR count). The van der Waals surface area contributed by atoms with E-state index in [0.717, 1.165) is 35.4 Å². The summed E-state index contributed by atoms with van der Waals surface area (Å²) in [5.74, 6) is -0.0350. The number of fused-ring (bicyclic) bond motifs is 1. The first kappa shape index (κ1) is 19.8. The SMILES string of the molecule is CCCN(Cc1nn2c(OC)cc(C)nc2c1CC)C(=O)c1cccc(F)c1. The summed E-state index contributed by atoms with van der Waals surface area (Å²) in [5, 5.41) is 4.67. The Labute approximate surface area is 163 Å². The zero-order valence-electron chi connectivity index (χ0n) is 16.7. The number of aromatic nitrogens is 3. The lowest BCUT2D eigenvalue weighted by molar-refractivity contribution is 0.0740. The number of hydrogen-bond acceptors (Lipinski definition) is 4. The average molecular weight is 384 g/mol. The fraction of sp³-hybridized carbons (Fsp3) is 0.381. The van der Waals surface area contributed by atoms with Gasteiger partial charge in [-0.1, -0.05) is 19.9 Å². The molecule has 2 heterocycles. The summed E-state index contributed by atoms with van der Waals surface area (Å²) in [7, 11) is 1.60. The fourth-order valence-corrected chi connectivity index (χ4v) is 3.33. The highest BCUT2D eigenvalue weighted by molar-refractivity contribution is 5.94. The van der Waals surface area contributed by atoms with Crippen LogP contribution in [0.25, 0.3) is 5.65 Å². The molecule has 28 heavy (non-hydrogen) atoms. The first-order valence-electron chi connectivity index (χ1n) is 9.45. The summed E-state index contributed by atoms with van der Waals surface area (Å²) in [6, 6.07) is 7.60. The topological polar surface area (TPSA) is 59.7 Å². The Balaban J connectivity index is 2.01. The van der Waals surface area contributed by atoms with Crippen LogP contribution in [0.5, 0.6) is 5.88 Å². The summed E-state index contributed by atoms with van der Waals surface area (Å²) >= 11 is 0. The number of halogens is 1. The third kappa shape index (κ3) is 3.83. The van der Waals surface area contributed by atoms with E-state index in [1.165, 1.54) is 12.1 Å². The van der Waals surface area contributed by atoms with Crippen LogP contribution in [0.1, 0.15) is 47.6 Å². The van der Waals surface area contributed by atoms with Crippen LogP contribution in [0, 0.1) is 12.7 Å². The first-order valence-corrected chi connectivity index (χ1v) is 9.45. The maximum absolute atomic E-state index is 13.6. The van der Waals surface area contributed by atoms with Gasteiger partial charge in [-0.2, -0.15) is 9.61 Å². The van der Waals surface area contributed by atoms with Gasteiger partial charge in [0.15, 0.2) is 5.65 Å². The molecule has 148 valence electrons. The van der Waals surface area contributed by atoms with E-state index in [1.807, 2.05) is 26.8 Å². The third-order valence-corrected chi connectivity index (χ3v) is 4.62. The molecule has 0 aliphatic carbocycles. The highest BCUT2D eigenvalue weighted by Gasteiger charge is 2.22. The number of carbonyl (C=O) groups excluding carboxylic acids is 1. The summed E-state index contributed by atoms with van der Waals surface area (Å²) < 4.78 is 20.7. The second-order valence-electron chi connectivity index (χ2n) is 6.69. The number of ether oxygens (including phenoxy) is 1. The number of benzene rings is 1. The highest BCUT2D eigenvalue weighted by Crippen LogP contribution is 2.23. The fourth-order valence-electron chi connectivity index (χ4n) is 3.33. The molecular formula is C21H25FN4O2. The minimum absolute atomic E-state index is 0.212. The van der Waals surface area contributed by atoms with Crippen LogP contribution in [0.15, 0.2) is 30.3 Å². The van der Waals surface area contributed by atoms with Crippen LogP contribution in [0.4, 0.5) is 4.39 Å². The van der Waals surface area contributed by atoms with Crippen LogP contribution in [-0.2, 0) is 13.0 Å². The minimum atomic E-state index is -0.423. The van der Waals surface area contributed by atoms with Gasteiger partial charge in [0.05, 0.1) is 19.3 Å². The van der Waals surface area contributed by atoms with E-state index in [2.05, 4.69) is 10.1 Å². The van der Waals surface area contributed by atoms with Crippen molar-refractivity contribution in [3.63, 3.8) is 0 Å². The Morgan fingerprint density at radius 1 is 1.29 bits per heavy atom. The maximum atomic E-state index is 13.6. The van der Waals surface area contributed by atoms with Crippen LogP contribution < -0.4 is 4.74 Å². The quantitative estimate of drug-likeness (QED) is 0.622. The molecule has 6 nitrogen and oxygen atoms in total. The molecule has 0 spiro atoms. The van der Waals surface area contributed by atoms with Gasteiger partial charge < -0.3 is 9.64 Å². The number of amides is 1. The molecule has 0 aliphatic rings. The zero-order chi connectivity index (χ0) is 20.3. The molecule has 0 unspecified atom stereocenters. The predicted molar refractivity (Wildman–Crippen MR) is 105 cm³/mol. The maximum Gasteiger partial charge on any atom is 0.254 e. The summed E-state index contributed by atoms with van der Waals surface area (Å²) in [6.45, 7) is 6.83. The second-order valence-corrected chi connectivity index (χ2v) is 6.69. The van der Waals surface area contributed by atoms with Crippen molar-refractivity contribution in [2.24, 2.45) is 0 Å². The van der Waals surface area contributed by atoms with Gasteiger partial charge in [0, 0.05) is 29.4 Å². The van der Waals surface area contributed by atoms with E-state index >= 15 is 0 Å². The van der Waals surface area contributed by atoms with Gasteiger partial charge in [0.2, 0.25) is 5.88 Å². The van der Waals surface area contributed by atoms with Crippen LogP contribution in [-0.4, -0.2) is 39.1 Å². The molecule has 0 saturated carbocycles. The Kier molecular flexibility index (Phi) is 5.92. The van der Waals surface area contributed by atoms with Crippen LogP contribution >= 0.6 is 0 Å². The molecule has 0 saturated heterocycles. The Hall–Kier alpha value is -2.96. The number of nitrogens with zero attached hydrogens (tertiary/aromatic N) is 4. The van der Waals surface area contributed by atoms with Crippen molar-refractivity contribution in [3.8, 4) is 5.88 Å². The molecular weight excluding hydrogens is 359 g/mol. The standard InChI is InChI=1S/C21H25FN4O2/c1-5-10-25(21(27)15-8-7-9-16(22)12-15)13-18-17(6-2)20-23-14(3)11-19(28-4)26(20)24-18/h7-9,11-12H,5-6,10,13H2,1-4H3. The number of hydrogen-bond donors (Lipinski definition) is 0. The Morgan fingerprint density at radius 3 is 2.71 bits per heavy atom. The van der Waals surface area contributed by atoms with Crippen molar-refractivity contribution >= 4 is 11.6 Å². The molecule has 0 N–H and O–H groups in total. The Morgan fingerprint density at radius 2 is 2.07 bits per heavy atom. The number of methoxy groups -OCH3 is 1. The number of carbonyl (C=O) groups is 1. The van der Waals surface area contributed by atoms with Gasteiger partial charge >= 0.3 is 0 Å². The predicted octanol–water partition coefficient (Wildman–Crippen LogP) is 3.80. The van der Waals surface area contributed by atoms with Crippen molar-refractivity contribution in [1.29, 1.82) is 0 Å². The van der Waals surface area contributed by atoms with Crippen molar-refractivity contribution in [2.45, 2.75) is 40.2 Å². The zero-order valence-corrected chi connectivity index (χ0v) is 16.7. The molecule has 1 amide bonds. The first-order chi connectivity index (χ1) is 13.5. The summed E-state index contributed by atoms with van der Waals surface area (Å²) in [4.78, 5) is 19.3. The minimum Gasteiger partial charge on any atom is -0.481 e. The average Bonchev–Trinajstić information content (AvgIpc) is 3.03. The molecule has 0 atom stereocenters. The molecule has 0 radical (unpaired) electrons. The summed E-state index contributed by atoms with van der Waals surface area (Å²) in [5.41, 5.74) is 3.67. The lowest BCUT2D eigenvalue weighted by atomic mass is 10.1. The highest BCUT2D eigenvalue weighted by atomic mass is 19.1. The van der Waals surface area contributed by atoms with Gasteiger partial charge in [0.1, 0.15) is 5.82 Å². The molecule has 3 aromatic rings. The van der Waals surface area contributed by atoms with Crippen molar-refractivity contribution in [2.75, 3.05) is 13.7 Å². The second kappa shape index (κ2) is 8.37. The van der Waals surface area contributed by atoms with Crippen molar-refractivity contribution in [3.05, 3.63) is 58.7 Å². The third-order valence-electron chi connectivity index (χ3n) is 4.62. The van der Waals surface area contributed by atoms with E-state index < -0.39 is 5.82 Å². The molecule has 0 aliphatic heterocycles. The van der Waals surface area contributed by atoms with Gasteiger partial charge in [-0.3, -0.25) is 4.79 Å². The van der Waals surface area contributed by atoms with E-state index in [1.54, 1.807) is 28.7 Å². The normalized spacial score (nSPS) is 11.0. The molecule has 7 heteroatoms. The van der Waals surface area contributed by atoms with Gasteiger partial charge in [-0.25, -0.2) is 9.37 Å². The smallest absolute Gasteiger partial charge is 0.254 e. The van der Waals surface area contributed by atoms with Crippen molar-refractivity contribution in [1.82, 2.24) is 19.5 Å². The van der Waals surface area contributed by atoms with E-state index in [4.69, 9.17) is 4.74 Å². The largest absolute Gasteiger partial charge is 0.481 e. The van der Waals surface area contributed by atoms with E-state index in [9.17, 15) is 9.18 Å². The molecule has 0 fully saturated rings. The van der Waals surface area contributed by atoms with Crippen LogP contribution in [0.3, 0.4) is 0 Å². The monoisotopic (exact) mass is 384 g/mol. The summed E-state index contributed by atoms with van der Waals surface area (Å²) in [6.07, 6.45) is 1.52. The molecule has 2 aromatic heterocycles. The van der Waals surface area contributed by atoms with Crippen molar-refractivity contribution < 1.29 is 13.9 Å². The van der Waals surface area contributed by atoms with Gasteiger partial charge in [0.25, 0.3) is 5.91 Å². The van der Waals surface area contributed by atoms with E-state index in [-0.39, 0.29) is 5.91 Å². The van der Waals surface area contributed by atoms with Crippen LogP contribution in [0.2, 0.25) is 0 Å². The van der Waals surface area contributed by atoms with Gasteiger partial charge in [-0.05, 0) is 38.0 Å². The molecule has 1 aromatic carbocycles. The molecule has 0 bridgehead atoms. The number of aryl methyl sites for hydroxylation is 2. The van der Waals surface area contributed by atoms with Gasteiger partial charge in [-0.15, -0.1) is 0 Å². The lowest BCUT2D eigenvalue weighted by Gasteiger charge is -2.21. The lowest BCUT2D eigenvalue weighted by Crippen LogP contribution is -2.31. The van der Waals surface area contributed by atoms with E-state index in [0.29, 0.717) is 24.5 Å². The number of rotatable bonds is 7.